The van der Waals surface area contributed by atoms with E-state index in [9.17, 15) is 14.7 Å². The lowest BCUT2D eigenvalue weighted by Gasteiger charge is -2.11. The first kappa shape index (κ1) is 23.2. The van der Waals surface area contributed by atoms with E-state index in [0.717, 1.165) is 18.6 Å². The van der Waals surface area contributed by atoms with Crippen molar-refractivity contribution < 1.29 is 24.2 Å². The van der Waals surface area contributed by atoms with Gasteiger partial charge < -0.3 is 14.6 Å². The number of rotatable bonds is 11. The molecule has 0 fully saturated rings. The summed E-state index contributed by atoms with van der Waals surface area (Å²) in [6, 6.07) is 21.7. The number of ether oxygens (including phenoxy) is 2. The van der Waals surface area contributed by atoms with Gasteiger partial charge in [0.15, 0.2) is 5.78 Å². The molecule has 0 heterocycles. The highest BCUT2D eigenvalue weighted by Crippen LogP contribution is 2.22. The Morgan fingerprint density at radius 2 is 1.44 bits per heavy atom. The average Bonchev–Trinajstić information content (AvgIpc) is 2.84. The van der Waals surface area contributed by atoms with Crippen LogP contribution in [0, 0.1) is 0 Å². The van der Waals surface area contributed by atoms with E-state index in [2.05, 4.69) is 6.92 Å². The van der Waals surface area contributed by atoms with E-state index >= 15 is 0 Å². The second kappa shape index (κ2) is 11.8. The summed E-state index contributed by atoms with van der Waals surface area (Å²) in [6.45, 7) is 2.83. The summed E-state index contributed by atoms with van der Waals surface area (Å²) in [6.07, 6.45) is 3.27. The molecular formula is C27H28O5. The van der Waals surface area contributed by atoms with Gasteiger partial charge in [0.2, 0.25) is 0 Å². The third-order valence-corrected chi connectivity index (χ3v) is 5.07. The molecule has 0 spiro atoms. The molecule has 3 aromatic rings. The van der Waals surface area contributed by atoms with Gasteiger partial charge in [-0.3, -0.25) is 4.79 Å². The molecule has 0 radical (unpaired) electrons. The molecule has 166 valence electrons. The van der Waals surface area contributed by atoms with Gasteiger partial charge in [-0.05, 0) is 48.4 Å². The molecule has 1 unspecified atom stereocenters. The van der Waals surface area contributed by atoms with Crippen molar-refractivity contribution in [2.24, 2.45) is 0 Å². The van der Waals surface area contributed by atoms with Crippen molar-refractivity contribution in [1.82, 2.24) is 0 Å². The molecule has 0 saturated carbocycles. The lowest BCUT2D eigenvalue weighted by Crippen LogP contribution is -2.12. The number of ketones is 1. The van der Waals surface area contributed by atoms with Crippen molar-refractivity contribution in [1.29, 1.82) is 0 Å². The van der Waals surface area contributed by atoms with Crippen LogP contribution in [0.5, 0.6) is 11.5 Å². The minimum absolute atomic E-state index is 0.328. The van der Waals surface area contributed by atoms with Crippen LogP contribution in [-0.4, -0.2) is 23.5 Å². The fourth-order valence-electron chi connectivity index (χ4n) is 3.20. The summed E-state index contributed by atoms with van der Waals surface area (Å²) in [4.78, 5) is 24.8. The molecule has 1 N–H and O–H groups in total. The molecule has 0 aliphatic carbocycles. The third-order valence-electron chi connectivity index (χ3n) is 5.07. The molecule has 0 aliphatic heterocycles. The van der Waals surface area contributed by atoms with E-state index in [-0.39, 0.29) is 5.78 Å². The van der Waals surface area contributed by atoms with Crippen LogP contribution in [-0.2, 0) is 0 Å². The Balaban J connectivity index is 1.53. The first-order valence-corrected chi connectivity index (χ1v) is 10.9. The van der Waals surface area contributed by atoms with Gasteiger partial charge in [-0.15, -0.1) is 0 Å². The van der Waals surface area contributed by atoms with Gasteiger partial charge >= 0.3 is 5.97 Å². The van der Waals surface area contributed by atoms with E-state index in [1.54, 1.807) is 72.8 Å². The maximum atomic E-state index is 12.4. The smallest absolute Gasteiger partial charge is 0.343 e. The second-order valence-corrected chi connectivity index (χ2v) is 7.52. The zero-order chi connectivity index (χ0) is 22.8. The second-order valence-electron chi connectivity index (χ2n) is 7.52. The predicted octanol–water partition coefficient (Wildman–Crippen LogP) is 5.78. The number of esters is 1. The molecule has 0 aromatic heterocycles. The Hall–Kier alpha value is -3.44. The number of aliphatic hydroxyl groups is 1. The third kappa shape index (κ3) is 6.53. The summed E-state index contributed by atoms with van der Waals surface area (Å²) in [5.74, 6) is 0.171. The van der Waals surface area contributed by atoms with E-state index < -0.39 is 12.1 Å². The lowest BCUT2D eigenvalue weighted by molar-refractivity contribution is 0.0727. The highest BCUT2D eigenvalue weighted by molar-refractivity contribution is 5.99. The van der Waals surface area contributed by atoms with Crippen molar-refractivity contribution in [3.05, 3.63) is 95.6 Å². The monoisotopic (exact) mass is 432 g/mol. The molecule has 0 bridgehead atoms. The molecule has 5 heteroatoms. The van der Waals surface area contributed by atoms with Crippen molar-refractivity contribution >= 4 is 11.8 Å². The van der Waals surface area contributed by atoms with Crippen molar-refractivity contribution in [3.63, 3.8) is 0 Å². The van der Waals surface area contributed by atoms with Gasteiger partial charge in [-0.1, -0.05) is 68.7 Å². The molecule has 3 aromatic carbocycles. The van der Waals surface area contributed by atoms with Crippen LogP contribution in [0.3, 0.4) is 0 Å². The van der Waals surface area contributed by atoms with Gasteiger partial charge in [-0.25, -0.2) is 4.79 Å². The van der Waals surface area contributed by atoms with Crippen LogP contribution < -0.4 is 9.47 Å². The number of Topliss-reactive ketones (excluding diaryl/α,β-unsaturated/α-hetero) is 1. The quantitative estimate of drug-likeness (QED) is 0.180. The Morgan fingerprint density at radius 1 is 0.781 bits per heavy atom. The SMILES string of the molecule is CCCCCCOc1ccc(C(=O)Oc2ccc(C(O)C(=O)c3ccccc3)cc2)cc1. The van der Waals surface area contributed by atoms with Crippen LogP contribution >= 0.6 is 0 Å². The largest absolute Gasteiger partial charge is 0.494 e. The fraction of sp³-hybridized carbons (Fsp3) is 0.259. The molecule has 0 aliphatic rings. The van der Waals surface area contributed by atoms with Gasteiger partial charge in [0.05, 0.1) is 12.2 Å². The van der Waals surface area contributed by atoms with Crippen molar-refractivity contribution in [2.45, 2.75) is 38.7 Å². The maximum absolute atomic E-state index is 12.4. The number of carbonyl (C=O) groups excluding carboxylic acids is 2. The average molecular weight is 433 g/mol. The highest BCUT2D eigenvalue weighted by Gasteiger charge is 2.19. The van der Waals surface area contributed by atoms with Gasteiger partial charge in [0, 0.05) is 5.56 Å². The summed E-state index contributed by atoms with van der Waals surface area (Å²) < 4.78 is 11.1. The number of benzene rings is 3. The lowest BCUT2D eigenvalue weighted by atomic mass is 10.00. The standard InChI is InChI=1S/C27H28O5/c1-2-3-4-8-19-31-23-15-13-22(14-16-23)27(30)32-24-17-11-21(12-18-24)26(29)25(28)20-9-6-5-7-10-20/h5-7,9-18,26,29H,2-4,8,19H2,1H3. The Labute approximate surface area is 188 Å². The highest BCUT2D eigenvalue weighted by atomic mass is 16.5. The minimum Gasteiger partial charge on any atom is -0.494 e. The number of unbranched alkanes of at least 4 members (excludes halogenated alkanes) is 3. The molecule has 0 amide bonds. The first-order valence-electron chi connectivity index (χ1n) is 10.9. The summed E-state index contributed by atoms with van der Waals surface area (Å²) in [5.41, 5.74) is 1.27. The molecule has 5 nitrogen and oxygen atoms in total. The molecular weight excluding hydrogens is 404 g/mol. The van der Waals surface area contributed by atoms with Crippen LogP contribution in [0.2, 0.25) is 0 Å². The molecule has 32 heavy (non-hydrogen) atoms. The first-order chi connectivity index (χ1) is 15.6. The van der Waals surface area contributed by atoms with Gasteiger partial charge in [0.25, 0.3) is 0 Å². The summed E-state index contributed by atoms with van der Waals surface area (Å²) >= 11 is 0. The predicted molar refractivity (Wildman–Crippen MR) is 123 cm³/mol. The Bertz CT molecular complexity index is 994. The minimum atomic E-state index is -1.28. The van der Waals surface area contributed by atoms with Crippen LogP contribution in [0.1, 0.15) is 65.0 Å². The topological polar surface area (TPSA) is 72.8 Å². The van der Waals surface area contributed by atoms with Crippen LogP contribution in [0.15, 0.2) is 78.9 Å². The van der Waals surface area contributed by atoms with E-state index in [0.29, 0.717) is 29.0 Å². The van der Waals surface area contributed by atoms with E-state index in [1.165, 1.54) is 12.8 Å². The molecule has 0 saturated heterocycles. The van der Waals surface area contributed by atoms with E-state index in [1.807, 2.05) is 6.07 Å². The normalized spacial score (nSPS) is 11.6. The maximum Gasteiger partial charge on any atom is 0.343 e. The van der Waals surface area contributed by atoms with Gasteiger partial charge in [0.1, 0.15) is 17.6 Å². The van der Waals surface area contributed by atoms with Crippen LogP contribution in [0.4, 0.5) is 0 Å². The summed E-state index contributed by atoms with van der Waals surface area (Å²) in [5, 5.41) is 10.4. The van der Waals surface area contributed by atoms with E-state index in [4.69, 9.17) is 9.47 Å². The van der Waals surface area contributed by atoms with Crippen molar-refractivity contribution in [3.8, 4) is 11.5 Å². The van der Waals surface area contributed by atoms with Crippen molar-refractivity contribution in [2.75, 3.05) is 6.61 Å². The fourth-order valence-corrected chi connectivity index (χ4v) is 3.20. The van der Waals surface area contributed by atoms with Crippen LogP contribution in [0.25, 0.3) is 0 Å². The number of hydrogen-bond acceptors (Lipinski definition) is 5. The number of carbonyl (C=O) groups is 2. The zero-order valence-corrected chi connectivity index (χ0v) is 18.2. The Morgan fingerprint density at radius 3 is 2.09 bits per heavy atom. The molecule has 1 atom stereocenters. The number of hydrogen-bond donors (Lipinski definition) is 1. The summed E-state index contributed by atoms with van der Waals surface area (Å²) in [7, 11) is 0. The zero-order valence-electron chi connectivity index (χ0n) is 18.2. The van der Waals surface area contributed by atoms with Gasteiger partial charge in [-0.2, -0.15) is 0 Å². The Kier molecular flexibility index (Phi) is 8.58. The molecule has 3 rings (SSSR count). The number of aliphatic hydroxyl groups excluding tert-OH is 1.